The van der Waals surface area contributed by atoms with Gasteiger partial charge in [-0.1, -0.05) is 13.3 Å². The molecule has 1 rings (SSSR count). The van der Waals surface area contributed by atoms with Crippen molar-refractivity contribution in [2.75, 3.05) is 28.2 Å². The Bertz CT molecular complexity index is 394. The summed E-state index contributed by atoms with van der Waals surface area (Å²) in [4.78, 5) is 8.81. The fourth-order valence-electron chi connectivity index (χ4n) is 1.85. The lowest BCUT2D eigenvalue weighted by molar-refractivity contribution is -0.657. The van der Waals surface area contributed by atoms with E-state index >= 15 is 0 Å². The Morgan fingerprint density at radius 1 is 1.28 bits per heavy atom. The molecule has 0 amide bonds. The summed E-state index contributed by atoms with van der Waals surface area (Å²) in [6, 6.07) is 0. The summed E-state index contributed by atoms with van der Waals surface area (Å²) in [7, 11) is 10.1. The second kappa shape index (κ2) is 6.42. The third-order valence-corrected chi connectivity index (χ3v) is 2.80. The fraction of sp³-hybridized carbons (Fsp3) is 0.692. The van der Waals surface area contributed by atoms with Gasteiger partial charge in [0.15, 0.2) is 0 Å². The summed E-state index contributed by atoms with van der Waals surface area (Å²) in [5.41, 5.74) is 0. The molecule has 5 nitrogen and oxygen atoms in total. The van der Waals surface area contributed by atoms with Crippen LogP contribution >= 0.6 is 0 Å². The van der Waals surface area contributed by atoms with Gasteiger partial charge in [-0.05, 0) is 11.4 Å². The number of aliphatic imine (C=N–C) groups is 1. The largest absolute Gasteiger partial charge is 0.401 e. The van der Waals surface area contributed by atoms with Crippen molar-refractivity contribution >= 4 is 11.9 Å². The maximum atomic E-state index is 4.76. The average molecular weight is 252 g/mol. The molecule has 0 N–H and O–H groups in total. The Morgan fingerprint density at radius 2 is 1.89 bits per heavy atom. The van der Waals surface area contributed by atoms with E-state index < -0.39 is 0 Å². The number of hydrogen-bond acceptors (Lipinski definition) is 1. The number of guanidine groups is 1. The molecule has 0 aliphatic rings. The highest BCUT2D eigenvalue weighted by Gasteiger charge is 2.18. The molecule has 0 radical (unpaired) electrons. The van der Waals surface area contributed by atoms with Crippen molar-refractivity contribution in [3.05, 3.63) is 12.4 Å². The highest BCUT2D eigenvalue weighted by molar-refractivity contribution is 5.80. The average Bonchev–Trinajstić information content (AvgIpc) is 2.63. The lowest BCUT2D eigenvalue weighted by Gasteiger charge is -2.18. The predicted molar refractivity (Wildman–Crippen MR) is 75.0 cm³/mol. The van der Waals surface area contributed by atoms with E-state index in [0.29, 0.717) is 0 Å². The van der Waals surface area contributed by atoms with Crippen LogP contribution in [0, 0.1) is 0 Å². The monoisotopic (exact) mass is 252 g/mol. The molecule has 0 fully saturated rings. The summed E-state index contributed by atoms with van der Waals surface area (Å²) in [5, 5.41) is 0. The minimum atomic E-state index is 0.946. The maximum Gasteiger partial charge on any atom is 0.401 e. The van der Waals surface area contributed by atoms with E-state index in [0.717, 1.165) is 18.5 Å². The molecular weight excluding hydrogens is 226 g/mol. The first kappa shape index (κ1) is 14.5. The molecule has 1 aromatic heterocycles. The number of hydrogen-bond donors (Lipinski definition) is 0. The van der Waals surface area contributed by atoms with E-state index in [1.165, 1.54) is 12.8 Å². The van der Waals surface area contributed by atoms with Crippen LogP contribution in [0.5, 0.6) is 0 Å². The summed E-state index contributed by atoms with van der Waals surface area (Å²) >= 11 is 0. The van der Waals surface area contributed by atoms with Gasteiger partial charge >= 0.3 is 5.95 Å². The fourth-order valence-corrected chi connectivity index (χ4v) is 1.85. The minimum absolute atomic E-state index is 0.946. The van der Waals surface area contributed by atoms with Crippen molar-refractivity contribution in [1.82, 2.24) is 14.4 Å². The van der Waals surface area contributed by atoms with Crippen LogP contribution < -0.4 is 4.57 Å². The van der Waals surface area contributed by atoms with E-state index in [9.17, 15) is 0 Å². The summed E-state index contributed by atoms with van der Waals surface area (Å²) in [5.74, 6) is 1.93. The van der Waals surface area contributed by atoms with Crippen molar-refractivity contribution in [2.24, 2.45) is 12.0 Å². The van der Waals surface area contributed by atoms with E-state index in [1.54, 1.807) is 0 Å². The molecule has 0 spiro atoms. The van der Waals surface area contributed by atoms with Crippen molar-refractivity contribution in [2.45, 2.75) is 26.3 Å². The van der Waals surface area contributed by atoms with Gasteiger partial charge in [0.25, 0.3) is 5.96 Å². The summed E-state index contributed by atoms with van der Waals surface area (Å²) < 4.78 is 4.26. The van der Waals surface area contributed by atoms with Crippen molar-refractivity contribution in [1.29, 1.82) is 0 Å². The van der Waals surface area contributed by atoms with Crippen LogP contribution in [-0.4, -0.2) is 48.5 Å². The highest BCUT2D eigenvalue weighted by atomic mass is 15.4. The molecule has 1 aromatic rings. The molecule has 0 aromatic carbocycles. The molecule has 0 aliphatic carbocycles. The summed E-state index contributed by atoms with van der Waals surface area (Å²) in [6.07, 6.45) is 6.52. The third-order valence-electron chi connectivity index (χ3n) is 2.80. The molecule has 0 aliphatic heterocycles. The second-order valence-corrected chi connectivity index (χ2v) is 4.96. The van der Waals surface area contributed by atoms with Crippen LogP contribution in [-0.2, 0) is 13.6 Å². The van der Waals surface area contributed by atoms with Crippen LogP contribution in [0.4, 0.5) is 5.95 Å². The number of rotatable bonds is 4. The zero-order valence-electron chi connectivity index (χ0n) is 12.5. The Hall–Kier alpha value is -1.52. The van der Waals surface area contributed by atoms with Gasteiger partial charge in [0.05, 0.1) is 26.0 Å². The lowest BCUT2D eigenvalue weighted by atomic mass is 10.3. The molecule has 0 unspecified atom stereocenters. The van der Waals surface area contributed by atoms with Gasteiger partial charge in [-0.3, -0.25) is 0 Å². The molecule has 0 saturated carbocycles. The molecular formula is C13H26N5+. The Kier molecular flexibility index (Phi) is 5.19. The van der Waals surface area contributed by atoms with E-state index in [2.05, 4.69) is 28.5 Å². The van der Waals surface area contributed by atoms with E-state index in [4.69, 9.17) is 4.99 Å². The Morgan fingerprint density at radius 3 is 2.39 bits per heavy atom. The van der Waals surface area contributed by atoms with Crippen molar-refractivity contribution in [3.63, 3.8) is 0 Å². The quantitative estimate of drug-likeness (QED) is 0.458. The van der Waals surface area contributed by atoms with Crippen LogP contribution in [0.1, 0.15) is 19.8 Å². The lowest BCUT2D eigenvalue weighted by Crippen LogP contribution is -2.36. The van der Waals surface area contributed by atoms with Crippen LogP contribution in [0.2, 0.25) is 0 Å². The molecule has 0 bridgehead atoms. The standard InChI is InChI=1S/C13H26N5/c1-7-8-9-18-11-10-17(6)13(18)14-12(15(2)3)16(4)5/h10-11H,7-9H2,1-6H3/q+1. The topological polar surface area (TPSA) is 27.6 Å². The number of nitrogens with zero attached hydrogens (tertiary/aromatic N) is 5. The molecule has 18 heavy (non-hydrogen) atoms. The third kappa shape index (κ3) is 3.48. The highest BCUT2D eigenvalue weighted by Crippen LogP contribution is 2.09. The first-order chi connectivity index (χ1) is 8.47. The molecule has 0 atom stereocenters. The normalized spacial score (nSPS) is 10.3. The first-order valence-corrected chi connectivity index (χ1v) is 6.45. The van der Waals surface area contributed by atoms with Crippen LogP contribution in [0.3, 0.4) is 0 Å². The molecule has 5 heteroatoms. The first-order valence-electron chi connectivity index (χ1n) is 6.45. The van der Waals surface area contributed by atoms with Gasteiger partial charge in [0.2, 0.25) is 0 Å². The van der Waals surface area contributed by atoms with Crippen molar-refractivity contribution in [3.8, 4) is 0 Å². The second-order valence-electron chi connectivity index (χ2n) is 4.96. The zero-order chi connectivity index (χ0) is 13.7. The number of aryl methyl sites for hydroxylation is 2. The SMILES string of the molecule is CCCCn1cc[n+](C)c1N=C(N(C)C)N(C)C. The molecule has 0 saturated heterocycles. The van der Waals surface area contributed by atoms with Gasteiger partial charge < -0.3 is 9.80 Å². The maximum absolute atomic E-state index is 4.76. The van der Waals surface area contributed by atoms with Gasteiger partial charge in [-0.15, -0.1) is 0 Å². The number of imidazole rings is 1. The molecule has 1 heterocycles. The van der Waals surface area contributed by atoms with Gasteiger partial charge in [0.1, 0.15) is 0 Å². The minimum Gasteiger partial charge on any atom is -0.335 e. The predicted octanol–water partition coefficient (Wildman–Crippen LogP) is 1.22. The smallest absolute Gasteiger partial charge is 0.335 e. The Balaban J connectivity index is 3.07. The van der Waals surface area contributed by atoms with E-state index in [1.807, 2.05) is 45.0 Å². The molecule has 102 valence electrons. The van der Waals surface area contributed by atoms with Gasteiger partial charge in [0, 0.05) is 28.2 Å². The number of aromatic nitrogens is 2. The van der Waals surface area contributed by atoms with Crippen LogP contribution in [0.25, 0.3) is 0 Å². The van der Waals surface area contributed by atoms with Crippen LogP contribution in [0.15, 0.2) is 17.4 Å². The zero-order valence-corrected chi connectivity index (χ0v) is 12.5. The van der Waals surface area contributed by atoms with E-state index in [-0.39, 0.29) is 0 Å². The van der Waals surface area contributed by atoms with Gasteiger partial charge in [-0.25, -0.2) is 9.13 Å². The number of unbranched alkanes of at least 4 members (excludes halogenated alkanes) is 1. The van der Waals surface area contributed by atoms with Gasteiger partial charge in [-0.2, -0.15) is 0 Å². The van der Waals surface area contributed by atoms with Crippen molar-refractivity contribution < 1.29 is 4.57 Å². The Labute approximate surface area is 110 Å². The summed E-state index contributed by atoms with van der Waals surface area (Å²) in [6.45, 7) is 3.22.